The first-order chi connectivity index (χ1) is 8.63. The Labute approximate surface area is 107 Å². The number of carbonyl (C=O) groups excluding carboxylic acids is 1. The highest BCUT2D eigenvalue weighted by atomic mass is 16.3. The summed E-state index contributed by atoms with van der Waals surface area (Å²) in [4.78, 5) is 11.3. The van der Waals surface area contributed by atoms with Crippen LogP contribution < -0.4 is 10.6 Å². The minimum atomic E-state index is -0.184. The molecular formula is C12H22N4O2. The van der Waals surface area contributed by atoms with Crippen molar-refractivity contribution >= 4 is 6.03 Å². The van der Waals surface area contributed by atoms with Crippen molar-refractivity contribution in [2.75, 3.05) is 19.7 Å². The summed E-state index contributed by atoms with van der Waals surface area (Å²) in [6.45, 7) is 6.00. The zero-order valence-corrected chi connectivity index (χ0v) is 11.1. The molecule has 102 valence electrons. The number of amides is 2. The molecule has 0 atom stereocenters. The maximum absolute atomic E-state index is 11.3. The lowest BCUT2D eigenvalue weighted by Crippen LogP contribution is -2.37. The third-order valence-electron chi connectivity index (χ3n) is 2.56. The number of rotatable bonds is 7. The quantitative estimate of drug-likeness (QED) is 0.622. The van der Waals surface area contributed by atoms with Crippen LogP contribution in [0.1, 0.15) is 24.2 Å². The highest BCUT2D eigenvalue weighted by molar-refractivity contribution is 5.73. The summed E-state index contributed by atoms with van der Waals surface area (Å²) >= 11 is 0. The van der Waals surface area contributed by atoms with E-state index in [1.165, 1.54) is 0 Å². The van der Waals surface area contributed by atoms with Crippen molar-refractivity contribution in [3.8, 4) is 0 Å². The van der Waals surface area contributed by atoms with Crippen LogP contribution in [-0.4, -0.2) is 40.6 Å². The van der Waals surface area contributed by atoms with Crippen LogP contribution in [0.15, 0.2) is 6.07 Å². The predicted molar refractivity (Wildman–Crippen MR) is 69.4 cm³/mol. The maximum atomic E-state index is 11.3. The second kappa shape index (κ2) is 7.71. The summed E-state index contributed by atoms with van der Waals surface area (Å²) in [5.41, 5.74) is 2.15. The first kappa shape index (κ1) is 14.5. The van der Waals surface area contributed by atoms with E-state index in [-0.39, 0.29) is 12.6 Å². The fourth-order valence-corrected chi connectivity index (χ4v) is 1.68. The fraction of sp³-hybridized carbons (Fsp3) is 0.667. The van der Waals surface area contributed by atoms with Gasteiger partial charge < -0.3 is 15.7 Å². The Morgan fingerprint density at radius 2 is 2.00 bits per heavy atom. The van der Waals surface area contributed by atoms with E-state index in [9.17, 15) is 4.79 Å². The van der Waals surface area contributed by atoms with Crippen LogP contribution in [0.4, 0.5) is 4.79 Å². The minimum Gasteiger partial charge on any atom is -0.396 e. The molecule has 0 aliphatic heterocycles. The van der Waals surface area contributed by atoms with Gasteiger partial charge in [-0.25, -0.2) is 4.79 Å². The standard InChI is InChI=1S/C12H22N4O2/c1-10-9-11(2)16(15-10)7-3-5-13-12(18)14-6-4-8-17/h9,17H,3-8H2,1-2H3,(H2,13,14,18). The third kappa shape index (κ3) is 5.18. The number of nitrogens with one attached hydrogen (secondary N) is 2. The van der Waals surface area contributed by atoms with Gasteiger partial charge in [-0.2, -0.15) is 5.10 Å². The molecule has 6 heteroatoms. The van der Waals surface area contributed by atoms with Gasteiger partial charge in [0.2, 0.25) is 0 Å². The maximum Gasteiger partial charge on any atom is 0.314 e. The Balaban J connectivity index is 2.11. The lowest BCUT2D eigenvalue weighted by Gasteiger charge is -2.07. The van der Waals surface area contributed by atoms with E-state index in [1.54, 1.807) is 0 Å². The van der Waals surface area contributed by atoms with Crippen LogP contribution in [0.3, 0.4) is 0 Å². The normalized spacial score (nSPS) is 10.4. The zero-order valence-electron chi connectivity index (χ0n) is 11.1. The molecule has 0 fully saturated rings. The molecular weight excluding hydrogens is 232 g/mol. The number of carbonyl (C=O) groups is 1. The topological polar surface area (TPSA) is 79.2 Å². The molecule has 18 heavy (non-hydrogen) atoms. The molecule has 0 aliphatic rings. The number of aliphatic hydroxyl groups excluding tert-OH is 1. The van der Waals surface area contributed by atoms with Crippen molar-refractivity contribution in [1.82, 2.24) is 20.4 Å². The molecule has 1 rings (SSSR count). The lowest BCUT2D eigenvalue weighted by atomic mass is 10.4. The van der Waals surface area contributed by atoms with Crippen LogP contribution in [0.5, 0.6) is 0 Å². The van der Waals surface area contributed by atoms with Gasteiger partial charge in [-0.3, -0.25) is 4.68 Å². The van der Waals surface area contributed by atoms with Crippen LogP contribution in [0, 0.1) is 13.8 Å². The molecule has 0 aromatic carbocycles. The zero-order chi connectivity index (χ0) is 13.4. The molecule has 0 radical (unpaired) electrons. The smallest absolute Gasteiger partial charge is 0.314 e. The van der Waals surface area contributed by atoms with Crippen molar-refractivity contribution in [1.29, 1.82) is 0 Å². The first-order valence-corrected chi connectivity index (χ1v) is 6.27. The molecule has 0 aliphatic carbocycles. The number of aromatic nitrogens is 2. The lowest BCUT2D eigenvalue weighted by molar-refractivity contribution is 0.238. The van der Waals surface area contributed by atoms with E-state index in [2.05, 4.69) is 15.7 Å². The summed E-state index contributed by atoms with van der Waals surface area (Å²) in [6.07, 6.45) is 1.43. The molecule has 1 aromatic heterocycles. The van der Waals surface area contributed by atoms with Gasteiger partial charge in [0.1, 0.15) is 0 Å². The number of nitrogens with zero attached hydrogens (tertiary/aromatic N) is 2. The molecule has 2 amide bonds. The Hall–Kier alpha value is -1.56. The van der Waals surface area contributed by atoms with E-state index in [0.29, 0.717) is 19.5 Å². The van der Waals surface area contributed by atoms with Gasteiger partial charge in [-0.05, 0) is 32.8 Å². The van der Waals surface area contributed by atoms with Gasteiger partial charge in [0.05, 0.1) is 5.69 Å². The number of hydrogen-bond acceptors (Lipinski definition) is 3. The largest absolute Gasteiger partial charge is 0.396 e. The number of aryl methyl sites for hydroxylation is 3. The Bertz CT molecular complexity index is 376. The molecule has 1 heterocycles. The summed E-state index contributed by atoms with van der Waals surface area (Å²) in [5, 5.41) is 18.3. The third-order valence-corrected chi connectivity index (χ3v) is 2.56. The van der Waals surface area contributed by atoms with Crippen LogP contribution in [-0.2, 0) is 6.54 Å². The van der Waals surface area contributed by atoms with Crippen LogP contribution in [0.2, 0.25) is 0 Å². The molecule has 6 nitrogen and oxygen atoms in total. The fourth-order valence-electron chi connectivity index (χ4n) is 1.68. The minimum absolute atomic E-state index is 0.0954. The van der Waals surface area contributed by atoms with Gasteiger partial charge in [0, 0.05) is 31.9 Å². The molecule has 0 saturated carbocycles. The molecule has 3 N–H and O–H groups in total. The van der Waals surface area contributed by atoms with Crippen molar-refractivity contribution in [2.45, 2.75) is 33.2 Å². The second-order valence-corrected chi connectivity index (χ2v) is 4.26. The Morgan fingerprint density at radius 1 is 1.33 bits per heavy atom. The van der Waals surface area contributed by atoms with Gasteiger partial charge in [-0.1, -0.05) is 0 Å². The highest BCUT2D eigenvalue weighted by Crippen LogP contribution is 2.01. The van der Waals surface area contributed by atoms with Crippen molar-refractivity contribution in [3.05, 3.63) is 17.5 Å². The monoisotopic (exact) mass is 254 g/mol. The van der Waals surface area contributed by atoms with E-state index in [4.69, 9.17) is 5.11 Å². The number of urea groups is 1. The van der Waals surface area contributed by atoms with Crippen LogP contribution >= 0.6 is 0 Å². The van der Waals surface area contributed by atoms with Crippen molar-refractivity contribution < 1.29 is 9.90 Å². The van der Waals surface area contributed by atoms with E-state index in [1.807, 2.05) is 24.6 Å². The number of hydrogen-bond donors (Lipinski definition) is 3. The molecule has 0 bridgehead atoms. The van der Waals surface area contributed by atoms with E-state index < -0.39 is 0 Å². The summed E-state index contributed by atoms with van der Waals surface area (Å²) in [7, 11) is 0. The van der Waals surface area contributed by atoms with Crippen molar-refractivity contribution in [3.63, 3.8) is 0 Å². The molecule has 0 saturated heterocycles. The molecule has 0 unspecified atom stereocenters. The van der Waals surface area contributed by atoms with Crippen LogP contribution in [0.25, 0.3) is 0 Å². The Kier molecular flexibility index (Phi) is 6.21. The summed E-state index contributed by atoms with van der Waals surface area (Å²) in [5.74, 6) is 0. The predicted octanol–water partition coefficient (Wildman–Crippen LogP) is 0.572. The van der Waals surface area contributed by atoms with Gasteiger partial charge >= 0.3 is 6.03 Å². The molecule has 0 spiro atoms. The Morgan fingerprint density at radius 3 is 2.56 bits per heavy atom. The van der Waals surface area contributed by atoms with E-state index >= 15 is 0 Å². The molecule has 1 aromatic rings. The first-order valence-electron chi connectivity index (χ1n) is 6.27. The number of aliphatic hydroxyl groups is 1. The van der Waals surface area contributed by atoms with Gasteiger partial charge in [-0.15, -0.1) is 0 Å². The van der Waals surface area contributed by atoms with E-state index in [0.717, 1.165) is 24.4 Å². The van der Waals surface area contributed by atoms with Gasteiger partial charge in [0.25, 0.3) is 0 Å². The average molecular weight is 254 g/mol. The van der Waals surface area contributed by atoms with Gasteiger partial charge in [0.15, 0.2) is 0 Å². The summed E-state index contributed by atoms with van der Waals surface area (Å²) < 4.78 is 1.95. The SMILES string of the molecule is Cc1cc(C)n(CCCNC(=O)NCCCO)n1. The van der Waals surface area contributed by atoms with Crippen molar-refractivity contribution in [2.24, 2.45) is 0 Å². The second-order valence-electron chi connectivity index (χ2n) is 4.26. The average Bonchev–Trinajstić information content (AvgIpc) is 2.64. The summed E-state index contributed by atoms with van der Waals surface area (Å²) in [6, 6.07) is 1.85. The highest BCUT2D eigenvalue weighted by Gasteiger charge is 2.01.